The Balaban J connectivity index is 1.36. The lowest BCUT2D eigenvalue weighted by Gasteiger charge is -2.33. The van der Waals surface area contributed by atoms with Crippen molar-refractivity contribution < 1.29 is 14.9 Å². The van der Waals surface area contributed by atoms with E-state index < -0.39 is 0 Å². The van der Waals surface area contributed by atoms with Gasteiger partial charge in [0.2, 0.25) is 0 Å². The molecule has 6 heteroatoms. The molecule has 5 rings (SSSR count). The van der Waals surface area contributed by atoms with Crippen LogP contribution in [0, 0.1) is 0 Å². The van der Waals surface area contributed by atoms with Crippen LogP contribution in [-0.4, -0.2) is 41.4 Å². The minimum atomic E-state index is 0.114. The van der Waals surface area contributed by atoms with E-state index in [1.165, 1.54) is 36.4 Å². The van der Waals surface area contributed by atoms with E-state index in [-0.39, 0.29) is 22.0 Å². The smallest absolute Gasteiger partial charge is 0.119 e. The molecule has 1 fully saturated rings. The number of phenols is 2. The number of benzene rings is 3. The van der Waals surface area contributed by atoms with Crippen LogP contribution in [0.2, 0.25) is 0 Å². The fraction of sp³-hybridized carbons (Fsp3) is 0.308. The Kier molecular flexibility index (Phi) is 6.53. The van der Waals surface area contributed by atoms with E-state index in [1.54, 1.807) is 23.9 Å². The molecule has 0 unspecified atom stereocenters. The van der Waals surface area contributed by atoms with Crippen LogP contribution in [0.3, 0.4) is 0 Å². The molecule has 0 saturated carbocycles. The molecule has 2 heterocycles. The maximum absolute atomic E-state index is 10.1. The zero-order chi connectivity index (χ0) is 21.9. The molecule has 2 aliphatic rings. The molecule has 0 aromatic heterocycles. The third-order valence-corrected chi connectivity index (χ3v) is 9.09. The van der Waals surface area contributed by atoms with Gasteiger partial charge in [0.15, 0.2) is 0 Å². The maximum atomic E-state index is 10.1. The van der Waals surface area contributed by atoms with Gasteiger partial charge >= 0.3 is 0 Å². The second-order valence-corrected chi connectivity index (χ2v) is 10.6. The minimum absolute atomic E-state index is 0.114. The molecule has 3 aromatic rings. The highest BCUT2D eigenvalue weighted by Crippen LogP contribution is 2.59. The number of nitrogens with zero attached hydrogens (tertiary/aromatic N) is 1. The van der Waals surface area contributed by atoms with Crippen molar-refractivity contribution in [2.75, 3.05) is 26.2 Å². The fourth-order valence-electron chi connectivity index (χ4n) is 4.32. The Hall–Kier alpha value is -2.28. The predicted octanol–water partition coefficient (Wildman–Crippen LogP) is 6.25. The van der Waals surface area contributed by atoms with Crippen molar-refractivity contribution in [3.8, 4) is 17.2 Å². The number of ether oxygens (including phenoxy) is 1. The number of phenolic OH excluding ortho intramolecular Hbond substituents is 2. The Morgan fingerprint density at radius 2 is 1.50 bits per heavy atom. The second kappa shape index (κ2) is 9.69. The lowest BCUT2D eigenvalue weighted by molar-refractivity contribution is 0.238. The van der Waals surface area contributed by atoms with Gasteiger partial charge in [-0.2, -0.15) is 0 Å². The Morgan fingerprint density at radius 3 is 2.28 bits per heavy atom. The number of hydrogen-bond acceptors (Lipinski definition) is 6. The Bertz CT molecular complexity index is 1070. The third kappa shape index (κ3) is 4.87. The van der Waals surface area contributed by atoms with Crippen molar-refractivity contribution in [3.63, 3.8) is 0 Å². The van der Waals surface area contributed by atoms with Gasteiger partial charge in [-0.15, -0.1) is 23.5 Å². The van der Waals surface area contributed by atoms with Crippen LogP contribution in [0.15, 0.2) is 76.5 Å². The van der Waals surface area contributed by atoms with Gasteiger partial charge in [-0.05, 0) is 79.5 Å². The first-order chi connectivity index (χ1) is 15.7. The quantitative estimate of drug-likeness (QED) is 0.449. The largest absolute Gasteiger partial charge is 0.508 e. The van der Waals surface area contributed by atoms with Crippen LogP contribution in [0.4, 0.5) is 0 Å². The van der Waals surface area contributed by atoms with E-state index in [1.807, 2.05) is 36.0 Å². The van der Waals surface area contributed by atoms with Gasteiger partial charge in [0, 0.05) is 16.3 Å². The molecular weight excluding hydrogens is 438 g/mol. The summed E-state index contributed by atoms with van der Waals surface area (Å²) >= 11 is 3.55. The summed E-state index contributed by atoms with van der Waals surface area (Å²) in [5.41, 5.74) is 2.30. The van der Waals surface area contributed by atoms with Gasteiger partial charge < -0.3 is 14.9 Å². The first kappa shape index (κ1) is 21.6. The minimum Gasteiger partial charge on any atom is -0.508 e. The zero-order valence-corrected chi connectivity index (χ0v) is 19.4. The van der Waals surface area contributed by atoms with Gasteiger partial charge in [-0.1, -0.05) is 24.3 Å². The van der Waals surface area contributed by atoms with Crippen LogP contribution in [0.5, 0.6) is 17.2 Å². The summed E-state index contributed by atoms with van der Waals surface area (Å²) in [6.45, 7) is 4.08. The maximum Gasteiger partial charge on any atom is 0.119 e. The molecule has 4 nitrogen and oxygen atoms in total. The van der Waals surface area contributed by atoms with Crippen LogP contribution in [0.1, 0.15) is 34.5 Å². The van der Waals surface area contributed by atoms with E-state index in [2.05, 4.69) is 35.2 Å². The van der Waals surface area contributed by atoms with Crippen molar-refractivity contribution in [3.05, 3.63) is 77.9 Å². The number of thioether (sulfide) groups is 2. The molecule has 32 heavy (non-hydrogen) atoms. The normalized spacial score (nSPS) is 20.8. The summed E-state index contributed by atoms with van der Waals surface area (Å²) < 4.78 is 5.99. The van der Waals surface area contributed by atoms with Crippen molar-refractivity contribution in [2.24, 2.45) is 0 Å². The standard InChI is InChI=1S/C26H27NO3S2/c28-20-5-3-4-19(16-20)26-25(31-23-11-8-21(29)17-24(23)32-26)18-6-9-22(10-7-18)30-15-14-27-12-1-2-13-27/h3-11,16-17,25-26,28-29H,1-2,12-15H2/t25-,26+/m0/s1. The lowest BCUT2D eigenvalue weighted by atomic mass is 10.0. The summed E-state index contributed by atoms with van der Waals surface area (Å²) in [7, 11) is 0. The third-order valence-electron chi connectivity index (χ3n) is 5.99. The fourth-order valence-corrected chi connectivity index (χ4v) is 7.32. The van der Waals surface area contributed by atoms with Gasteiger partial charge in [0.25, 0.3) is 0 Å². The molecule has 0 aliphatic carbocycles. The van der Waals surface area contributed by atoms with E-state index in [0.717, 1.165) is 29.4 Å². The highest BCUT2D eigenvalue weighted by atomic mass is 32.2. The van der Waals surface area contributed by atoms with Crippen LogP contribution in [0.25, 0.3) is 0 Å². The molecule has 1 saturated heterocycles. The molecule has 0 spiro atoms. The van der Waals surface area contributed by atoms with E-state index in [4.69, 9.17) is 4.74 Å². The molecule has 0 bridgehead atoms. The van der Waals surface area contributed by atoms with E-state index in [0.29, 0.717) is 0 Å². The van der Waals surface area contributed by atoms with Crippen LogP contribution in [-0.2, 0) is 0 Å². The second-order valence-electron chi connectivity index (χ2n) is 8.27. The number of rotatable bonds is 6. The molecule has 166 valence electrons. The number of fused-ring (bicyclic) bond motifs is 1. The van der Waals surface area contributed by atoms with Gasteiger partial charge in [0.05, 0.1) is 10.5 Å². The molecule has 2 N–H and O–H groups in total. The summed E-state index contributed by atoms with van der Waals surface area (Å²) in [5.74, 6) is 1.45. The van der Waals surface area contributed by atoms with Crippen molar-refractivity contribution in [2.45, 2.75) is 33.1 Å². The van der Waals surface area contributed by atoms with Gasteiger partial charge in [0.1, 0.15) is 23.9 Å². The van der Waals surface area contributed by atoms with E-state index in [9.17, 15) is 10.2 Å². The molecule has 0 amide bonds. The summed E-state index contributed by atoms with van der Waals surface area (Å²) in [4.78, 5) is 4.70. The first-order valence-electron chi connectivity index (χ1n) is 11.1. The van der Waals surface area contributed by atoms with Crippen molar-refractivity contribution in [1.82, 2.24) is 4.90 Å². The lowest BCUT2D eigenvalue weighted by Crippen LogP contribution is -2.25. The Morgan fingerprint density at radius 1 is 0.781 bits per heavy atom. The number of aromatic hydroxyl groups is 2. The molecule has 2 aliphatic heterocycles. The highest BCUT2D eigenvalue weighted by molar-refractivity contribution is 8.06. The van der Waals surface area contributed by atoms with Gasteiger partial charge in [-0.3, -0.25) is 4.90 Å². The zero-order valence-electron chi connectivity index (χ0n) is 17.8. The number of likely N-dealkylation sites (tertiary alicyclic amines) is 1. The van der Waals surface area contributed by atoms with Crippen molar-refractivity contribution >= 4 is 23.5 Å². The SMILES string of the molecule is Oc1cccc([C@H]2Sc3cc(O)ccc3S[C@H]2c2ccc(OCCN3CCCC3)cc2)c1. The average molecular weight is 466 g/mol. The van der Waals surface area contributed by atoms with Crippen LogP contribution >= 0.6 is 23.5 Å². The monoisotopic (exact) mass is 465 g/mol. The molecular formula is C26H27NO3S2. The van der Waals surface area contributed by atoms with Gasteiger partial charge in [-0.25, -0.2) is 0 Å². The van der Waals surface area contributed by atoms with Crippen LogP contribution < -0.4 is 4.74 Å². The predicted molar refractivity (Wildman–Crippen MR) is 131 cm³/mol. The summed E-state index contributed by atoms with van der Waals surface area (Å²) in [5, 5.41) is 20.3. The highest BCUT2D eigenvalue weighted by Gasteiger charge is 2.33. The molecule has 0 radical (unpaired) electrons. The van der Waals surface area contributed by atoms with E-state index >= 15 is 0 Å². The van der Waals surface area contributed by atoms with Crippen molar-refractivity contribution in [1.29, 1.82) is 0 Å². The summed E-state index contributed by atoms with van der Waals surface area (Å²) in [6.07, 6.45) is 2.60. The average Bonchev–Trinajstić information content (AvgIpc) is 3.32. The summed E-state index contributed by atoms with van der Waals surface area (Å²) in [6, 6.07) is 21.5. The number of hydrogen-bond donors (Lipinski definition) is 2. The topological polar surface area (TPSA) is 52.9 Å². The molecule has 2 atom stereocenters. The molecule has 3 aromatic carbocycles. The first-order valence-corrected chi connectivity index (χ1v) is 12.8. The Labute approximate surface area is 197 Å².